The van der Waals surface area contributed by atoms with Crippen molar-refractivity contribution in [3.8, 4) is 11.3 Å². The van der Waals surface area contributed by atoms with E-state index in [9.17, 15) is 4.39 Å². The number of benzene rings is 1. The van der Waals surface area contributed by atoms with Gasteiger partial charge < -0.3 is 4.57 Å². The Morgan fingerprint density at radius 3 is 2.60 bits per heavy atom. The fourth-order valence-corrected chi connectivity index (χ4v) is 2.15. The van der Waals surface area contributed by atoms with Crippen LogP contribution in [0.25, 0.3) is 11.3 Å². The highest BCUT2D eigenvalue weighted by atomic mass is 19.1. The molecule has 0 saturated heterocycles. The summed E-state index contributed by atoms with van der Waals surface area (Å²) in [5.41, 5.74) is 3.20. The Balaban J connectivity index is 1.76. The number of pyridine rings is 1. The number of halogens is 1. The van der Waals surface area contributed by atoms with E-state index in [4.69, 9.17) is 0 Å². The Morgan fingerprint density at radius 1 is 1.00 bits per heavy atom. The van der Waals surface area contributed by atoms with Crippen LogP contribution in [0.4, 0.5) is 4.39 Å². The van der Waals surface area contributed by atoms with Crippen molar-refractivity contribution in [2.24, 2.45) is 0 Å². The predicted octanol–water partition coefficient (Wildman–Crippen LogP) is 3.33. The first-order chi connectivity index (χ1) is 9.83. The summed E-state index contributed by atoms with van der Waals surface area (Å²) in [6.45, 7) is 0.801. The Bertz CT molecular complexity index is 674. The second kappa shape index (κ2) is 5.65. The van der Waals surface area contributed by atoms with Crippen molar-refractivity contribution in [3.05, 3.63) is 72.7 Å². The van der Waals surface area contributed by atoms with Gasteiger partial charge in [0, 0.05) is 24.5 Å². The summed E-state index contributed by atoms with van der Waals surface area (Å²) in [5.74, 6) is -0.201. The van der Waals surface area contributed by atoms with E-state index in [-0.39, 0.29) is 5.82 Å². The smallest absolute Gasteiger partial charge is 0.123 e. The molecule has 0 aliphatic carbocycles. The Labute approximate surface area is 116 Å². The topological polar surface area (TPSA) is 30.7 Å². The molecule has 0 N–H and O–H groups in total. The minimum absolute atomic E-state index is 0.201. The third-order valence-corrected chi connectivity index (χ3v) is 3.22. The zero-order valence-electron chi connectivity index (χ0n) is 10.9. The minimum atomic E-state index is -0.201. The molecule has 2 aromatic heterocycles. The van der Waals surface area contributed by atoms with Gasteiger partial charge in [-0.25, -0.2) is 9.37 Å². The molecule has 0 radical (unpaired) electrons. The number of hydrogen-bond donors (Lipinski definition) is 0. The number of aryl methyl sites for hydroxylation is 2. The van der Waals surface area contributed by atoms with Crippen LogP contribution in [0, 0.1) is 5.82 Å². The summed E-state index contributed by atoms with van der Waals surface area (Å²) in [6.07, 6.45) is 8.06. The van der Waals surface area contributed by atoms with E-state index in [1.54, 1.807) is 6.20 Å². The average Bonchev–Trinajstić information content (AvgIpc) is 2.96. The maximum atomic E-state index is 12.9. The Kier molecular flexibility index (Phi) is 3.54. The number of hydrogen-bond acceptors (Lipinski definition) is 2. The Morgan fingerprint density at radius 2 is 1.85 bits per heavy atom. The highest BCUT2D eigenvalue weighted by Gasteiger charge is 2.05. The standard InChI is InChI=1S/C16H14FN3/c17-15-5-3-13(4-6-15)7-9-20-12-19-11-16(20)14-2-1-8-18-10-14/h1-6,8,10-12H,7,9H2. The molecule has 2 heterocycles. The van der Waals surface area contributed by atoms with E-state index < -0.39 is 0 Å². The number of rotatable bonds is 4. The van der Waals surface area contributed by atoms with Gasteiger partial charge in [0.1, 0.15) is 5.82 Å². The molecule has 0 atom stereocenters. The van der Waals surface area contributed by atoms with Crippen LogP contribution in [0.3, 0.4) is 0 Å². The molecule has 0 fully saturated rings. The fourth-order valence-electron chi connectivity index (χ4n) is 2.15. The normalized spacial score (nSPS) is 10.7. The first-order valence-electron chi connectivity index (χ1n) is 6.48. The van der Waals surface area contributed by atoms with Crippen molar-refractivity contribution in [2.45, 2.75) is 13.0 Å². The quantitative estimate of drug-likeness (QED) is 0.726. The van der Waals surface area contributed by atoms with Crippen molar-refractivity contribution in [2.75, 3.05) is 0 Å². The zero-order valence-corrected chi connectivity index (χ0v) is 10.9. The maximum Gasteiger partial charge on any atom is 0.123 e. The molecule has 0 aliphatic heterocycles. The van der Waals surface area contributed by atoms with E-state index in [2.05, 4.69) is 14.5 Å². The molecule has 0 unspecified atom stereocenters. The molecule has 0 bridgehead atoms. The zero-order chi connectivity index (χ0) is 13.8. The van der Waals surface area contributed by atoms with Crippen LogP contribution >= 0.6 is 0 Å². The van der Waals surface area contributed by atoms with E-state index in [0.29, 0.717) is 0 Å². The monoisotopic (exact) mass is 267 g/mol. The molecular formula is C16H14FN3. The first kappa shape index (κ1) is 12.5. The largest absolute Gasteiger partial charge is 0.330 e. The highest BCUT2D eigenvalue weighted by Crippen LogP contribution is 2.18. The van der Waals surface area contributed by atoms with Crippen LogP contribution < -0.4 is 0 Å². The van der Waals surface area contributed by atoms with Crippen molar-refractivity contribution < 1.29 is 4.39 Å². The van der Waals surface area contributed by atoms with E-state index in [1.807, 2.05) is 43.0 Å². The number of nitrogens with zero attached hydrogens (tertiary/aromatic N) is 3. The lowest BCUT2D eigenvalue weighted by Crippen LogP contribution is -2.02. The fraction of sp³-hybridized carbons (Fsp3) is 0.125. The minimum Gasteiger partial charge on any atom is -0.330 e. The van der Waals surface area contributed by atoms with Crippen LogP contribution in [0.15, 0.2) is 61.3 Å². The van der Waals surface area contributed by atoms with Crippen LogP contribution in [-0.2, 0) is 13.0 Å². The van der Waals surface area contributed by atoms with Gasteiger partial charge in [-0.15, -0.1) is 0 Å². The van der Waals surface area contributed by atoms with Gasteiger partial charge in [0.15, 0.2) is 0 Å². The summed E-state index contributed by atoms with van der Waals surface area (Å²) in [7, 11) is 0. The molecule has 4 heteroatoms. The lowest BCUT2D eigenvalue weighted by Gasteiger charge is -2.08. The van der Waals surface area contributed by atoms with Gasteiger partial charge in [-0.2, -0.15) is 0 Å². The summed E-state index contributed by atoms with van der Waals surface area (Å²) in [4.78, 5) is 8.33. The van der Waals surface area contributed by atoms with Crippen molar-refractivity contribution in [1.82, 2.24) is 14.5 Å². The highest BCUT2D eigenvalue weighted by molar-refractivity contribution is 5.57. The summed E-state index contributed by atoms with van der Waals surface area (Å²) < 4.78 is 14.9. The maximum absolute atomic E-state index is 12.9. The molecule has 3 aromatic rings. The number of imidazole rings is 1. The molecule has 1 aromatic carbocycles. The van der Waals surface area contributed by atoms with Gasteiger partial charge in [-0.05, 0) is 36.2 Å². The van der Waals surface area contributed by atoms with Gasteiger partial charge in [-0.1, -0.05) is 12.1 Å². The first-order valence-corrected chi connectivity index (χ1v) is 6.48. The second-order valence-electron chi connectivity index (χ2n) is 4.59. The van der Waals surface area contributed by atoms with Crippen LogP contribution in [0.5, 0.6) is 0 Å². The molecule has 100 valence electrons. The average molecular weight is 267 g/mol. The number of aromatic nitrogens is 3. The van der Waals surface area contributed by atoms with Crippen molar-refractivity contribution in [3.63, 3.8) is 0 Å². The Hall–Kier alpha value is -2.49. The summed E-state index contributed by atoms with van der Waals surface area (Å²) in [5, 5.41) is 0. The van der Waals surface area contributed by atoms with Gasteiger partial charge in [-0.3, -0.25) is 4.98 Å². The molecule has 3 nitrogen and oxygen atoms in total. The summed E-state index contributed by atoms with van der Waals surface area (Å²) >= 11 is 0. The lowest BCUT2D eigenvalue weighted by molar-refractivity contribution is 0.625. The SMILES string of the molecule is Fc1ccc(CCn2cncc2-c2cccnc2)cc1. The predicted molar refractivity (Wildman–Crippen MR) is 75.6 cm³/mol. The van der Waals surface area contributed by atoms with Crippen molar-refractivity contribution >= 4 is 0 Å². The van der Waals surface area contributed by atoms with Gasteiger partial charge in [0.2, 0.25) is 0 Å². The molecule has 0 saturated carbocycles. The van der Waals surface area contributed by atoms with E-state index in [1.165, 1.54) is 12.1 Å². The molecule has 20 heavy (non-hydrogen) atoms. The van der Waals surface area contributed by atoms with Crippen LogP contribution in [-0.4, -0.2) is 14.5 Å². The lowest BCUT2D eigenvalue weighted by atomic mass is 10.1. The third kappa shape index (κ3) is 2.74. The second-order valence-corrected chi connectivity index (χ2v) is 4.59. The molecule has 0 amide bonds. The van der Waals surface area contributed by atoms with E-state index >= 15 is 0 Å². The van der Waals surface area contributed by atoms with Gasteiger partial charge >= 0.3 is 0 Å². The third-order valence-electron chi connectivity index (χ3n) is 3.22. The molecular weight excluding hydrogens is 253 g/mol. The molecule has 0 spiro atoms. The van der Waals surface area contributed by atoms with Gasteiger partial charge in [0.25, 0.3) is 0 Å². The van der Waals surface area contributed by atoms with Crippen molar-refractivity contribution in [1.29, 1.82) is 0 Å². The van der Waals surface area contributed by atoms with E-state index in [0.717, 1.165) is 29.8 Å². The molecule has 3 rings (SSSR count). The molecule has 0 aliphatic rings. The van der Waals surface area contributed by atoms with Crippen LogP contribution in [0.2, 0.25) is 0 Å². The van der Waals surface area contributed by atoms with Gasteiger partial charge in [0.05, 0.1) is 18.2 Å². The van der Waals surface area contributed by atoms with Crippen LogP contribution in [0.1, 0.15) is 5.56 Å². The summed E-state index contributed by atoms with van der Waals surface area (Å²) in [6, 6.07) is 10.5.